The van der Waals surface area contributed by atoms with Crippen LogP contribution in [0.1, 0.15) is 34.8 Å². The highest BCUT2D eigenvalue weighted by molar-refractivity contribution is 5.91. The number of nitrogens with zero attached hydrogens (tertiary/aromatic N) is 1. The van der Waals surface area contributed by atoms with Gasteiger partial charge in [0.2, 0.25) is 0 Å². The smallest absolute Gasteiger partial charge is 0.338 e. The fourth-order valence-electron chi connectivity index (χ4n) is 3.55. The van der Waals surface area contributed by atoms with E-state index in [1.54, 1.807) is 29.2 Å². The van der Waals surface area contributed by atoms with E-state index < -0.39 is 5.97 Å². The highest BCUT2D eigenvalue weighted by Crippen LogP contribution is 2.38. The van der Waals surface area contributed by atoms with E-state index >= 15 is 0 Å². The molecule has 1 saturated heterocycles. The highest BCUT2D eigenvalue weighted by Gasteiger charge is 2.31. The molecule has 0 aromatic heterocycles. The Balaban J connectivity index is 1.42. The molecule has 0 unspecified atom stereocenters. The Hall–Kier alpha value is -3.02. The molecule has 140 valence electrons. The van der Waals surface area contributed by atoms with E-state index in [9.17, 15) is 9.59 Å². The number of carbonyl (C=O) groups is 2. The fourth-order valence-corrected chi connectivity index (χ4v) is 3.55. The largest absolute Gasteiger partial charge is 0.486 e. The average Bonchev–Trinajstić information content (AvgIpc) is 3.22. The molecular formula is C21H21NO5. The van der Waals surface area contributed by atoms with Gasteiger partial charge >= 0.3 is 5.97 Å². The van der Waals surface area contributed by atoms with Crippen LogP contribution in [0.4, 0.5) is 0 Å². The molecule has 0 bridgehead atoms. The maximum absolute atomic E-state index is 12.6. The normalized spacial score (nSPS) is 18.2. The van der Waals surface area contributed by atoms with Crippen LogP contribution in [-0.4, -0.2) is 43.1 Å². The third-order valence-corrected chi connectivity index (χ3v) is 4.86. The van der Waals surface area contributed by atoms with Crippen molar-refractivity contribution in [2.45, 2.75) is 18.9 Å². The van der Waals surface area contributed by atoms with Gasteiger partial charge in [-0.2, -0.15) is 0 Å². The topological polar surface area (TPSA) is 65.1 Å². The van der Waals surface area contributed by atoms with E-state index in [4.69, 9.17) is 14.2 Å². The molecule has 4 rings (SSSR count). The standard InChI is InChI=1S/C21H21NO5/c23-20(14-27-21(24)15-5-2-1-3-6-15)22-10-4-7-17(22)16-8-9-18-19(13-16)26-12-11-25-18/h1-3,5-6,8-9,13,17H,4,7,10-12,14H2/t17-/m1/s1. The number of fused-ring (bicyclic) bond motifs is 1. The first kappa shape index (κ1) is 17.4. The van der Waals surface area contributed by atoms with Crippen LogP contribution in [0.3, 0.4) is 0 Å². The molecule has 6 nitrogen and oxygen atoms in total. The average molecular weight is 367 g/mol. The van der Waals surface area contributed by atoms with Gasteiger partial charge in [-0.3, -0.25) is 4.79 Å². The zero-order valence-corrected chi connectivity index (χ0v) is 14.9. The van der Waals surface area contributed by atoms with Gasteiger partial charge in [-0.25, -0.2) is 4.79 Å². The second-order valence-corrected chi connectivity index (χ2v) is 6.59. The number of rotatable bonds is 4. The minimum absolute atomic E-state index is 0.0382. The number of likely N-dealkylation sites (tertiary alicyclic amines) is 1. The summed E-state index contributed by atoms with van der Waals surface area (Å²) in [5.74, 6) is 0.780. The van der Waals surface area contributed by atoms with Crippen molar-refractivity contribution < 1.29 is 23.8 Å². The summed E-state index contributed by atoms with van der Waals surface area (Å²) in [5, 5.41) is 0. The molecule has 1 atom stereocenters. The molecule has 0 saturated carbocycles. The van der Waals surface area contributed by atoms with Crippen molar-refractivity contribution in [2.75, 3.05) is 26.4 Å². The monoisotopic (exact) mass is 367 g/mol. The predicted molar refractivity (Wildman–Crippen MR) is 97.8 cm³/mol. The SMILES string of the molecule is O=C(OCC(=O)N1CCC[C@@H]1c1ccc2c(c1)OCCO2)c1ccccc1. The van der Waals surface area contributed by atoms with Gasteiger partial charge in [0, 0.05) is 6.54 Å². The number of esters is 1. The molecule has 27 heavy (non-hydrogen) atoms. The number of hydrogen-bond donors (Lipinski definition) is 0. The molecule has 0 aliphatic carbocycles. The van der Waals surface area contributed by atoms with Gasteiger partial charge in [0.05, 0.1) is 11.6 Å². The Bertz CT molecular complexity index is 836. The summed E-state index contributed by atoms with van der Waals surface area (Å²) in [6.07, 6.45) is 1.79. The summed E-state index contributed by atoms with van der Waals surface area (Å²) in [4.78, 5) is 26.5. The number of amides is 1. The molecule has 2 heterocycles. The van der Waals surface area contributed by atoms with Crippen molar-refractivity contribution >= 4 is 11.9 Å². The molecule has 2 aliphatic heterocycles. The van der Waals surface area contributed by atoms with E-state index in [1.165, 1.54) is 0 Å². The van der Waals surface area contributed by atoms with Crippen LogP contribution < -0.4 is 9.47 Å². The van der Waals surface area contributed by atoms with Crippen molar-refractivity contribution in [3.63, 3.8) is 0 Å². The lowest BCUT2D eigenvalue weighted by Gasteiger charge is -2.26. The van der Waals surface area contributed by atoms with Crippen LogP contribution >= 0.6 is 0 Å². The fraction of sp³-hybridized carbons (Fsp3) is 0.333. The van der Waals surface area contributed by atoms with Gasteiger partial charge in [-0.1, -0.05) is 24.3 Å². The predicted octanol–water partition coefficient (Wildman–Crippen LogP) is 2.98. The van der Waals surface area contributed by atoms with Crippen molar-refractivity contribution in [1.82, 2.24) is 4.90 Å². The first-order valence-electron chi connectivity index (χ1n) is 9.13. The van der Waals surface area contributed by atoms with Gasteiger partial charge in [-0.05, 0) is 42.7 Å². The lowest BCUT2D eigenvalue weighted by Crippen LogP contribution is -2.34. The van der Waals surface area contributed by atoms with E-state index in [0.717, 1.165) is 24.2 Å². The van der Waals surface area contributed by atoms with E-state index in [0.29, 0.717) is 31.1 Å². The summed E-state index contributed by atoms with van der Waals surface area (Å²) in [7, 11) is 0. The maximum atomic E-state index is 12.6. The Morgan fingerprint density at radius 2 is 1.81 bits per heavy atom. The minimum atomic E-state index is -0.487. The van der Waals surface area contributed by atoms with Gasteiger partial charge < -0.3 is 19.1 Å². The van der Waals surface area contributed by atoms with Crippen LogP contribution in [0.15, 0.2) is 48.5 Å². The van der Waals surface area contributed by atoms with Gasteiger partial charge in [-0.15, -0.1) is 0 Å². The lowest BCUT2D eigenvalue weighted by atomic mass is 10.0. The Labute approximate surface area is 157 Å². The first-order chi connectivity index (χ1) is 13.2. The molecule has 2 aromatic carbocycles. The lowest BCUT2D eigenvalue weighted by molar-refractivity contribution is -0.135. The van der Waals surface area contributed by atoms with E-state index in [1.807, 2.05) is 24.3 Å². The molecule has 2 aliphatic rings. The molecule has 0 N–H and O–H groups in total. The first-order valence-corrected chi connectivity index (χ1v) is 9.13. The minimum Gasteiger partial charge on any atom is -0.486 e. The van der Waals surface area contributed by atoms with Crippen molar-refractivity contribution in [3.8, 4) is 11.5 Å². The Morgan fingerprint density at radius 1 is 1.04 bits per heavy atom. The van der Waals surface area contributed by atoms with Crippen LogP contribution in [-0.2, 0) is 9.53 Å². The summed E-state index contributed by atoms with van der Waals surface area (Å²) in [6.45, 7) is 1.47. The maximum Gasteiger partial charge on any atom is 0.338 e. The number of ether oxygens (including phenoxy) is 3. The summed E-state index contributed by atoms with van der Waals surface area (Å²) in [6, 6.07) is 14.4. The Morgan fingerprint density at radius 3 is 2.63 bits per heavy atom. The molecule has 0 radical (unpaired) electrons. The molecule has 1 fully saturated rings. The molecule has 6 heteroatoms. The summed E-state index contributed by atoms with van der Waals surface area (Å²) < 4.78 is 16.4. The van der Waals surface area contributed by atoms with Crippen LogP contribution in [0, 0.1) is 0 Å². The van der Waals surface area contributed by atoms with Gasteiger partial charge in [0.25, 0.3) is 5.91 Å². The summed E-state index contributed by atoms with van der Waals surface area (Å²) >= 11 is 0. The zero-order chi connectivity index (χ0) is 18.6. The van der Waals surface area contributed by atoms with Crippen molar-refractivity contribution in [2.24, 2.45) is 0 Å². The van der Waals surface area contributed by atoms with Gasteiger partial charge in [0.15, 0.2) is 18.1 Å². The van der Waals surface area contributed by atoms with E-state index in [2.05, 4.69) is 0 Å². The molecule has 1 amide bonds. The third-order valence-electron chi connectivity index (χ3n) is 4.86. The molecule has 0 spiro atoms. The number of hydrogen-bond acceptors (Lipinski definition) is 5. The highest BCUT2D eigenvalue weighted by atomic mass is 16.6. The molecular weight excluding hydrogens is 346 g/mol. The molecule has 2 aromatic rings. The van der Waals surface area contributed by atoms with Crippen LogP contribution in [0.5, 0.6) is 11.5 Å². The Kier molecular flexibility index (Phi) is 4.96. The third kappa shape index (κ3) is 3.74. The van der Waals surface area contributed by atoms with Crippen molar-refractivity contribution in [3.05, 3.63) is 59.7 Å². The summed E-state index contributed by atoms with van der Waals surface area (Å²) in [5.41, 5.74) is 1.45. The second kappa shape index (κ2) is 7.70. The van der Waals surface area contributed by atoms with E-state index in [-0.39, 0.29) is 18.6 Å². The number of benzene rings is 2. The second-order valence-electron chi connectivity index (χ2n) is 6.59. The van der Waals surface area contributed by atoms with Crippen LogP contribution in [0.2, 0.25) is 0 Å². The van der Waals surface area contributed by atoms with Crippen molar-refractivity contribution in [1.29, 1.82) is 0 Å². The quantitative estimate of drug-likeness (QED) is 0.778. The van der Waals surface area contributed by atoms with Crippen LogP contribution in [0.25, 0.3) is 0 Å². The zero-order valence-electron chi connectivity index (χ0n) is 14.9. The van der Waals surface area contributed by atoms with Gasteiger partial charge in [0.1, 0.15) is 13.2 Å². The number of carbonyl (C=O) groups excluding carboxylic acids is 2.